The van der Waals surface area contributed by atoms with E-state index in [4.69, 9.17) is 4.74 Å². The van der Waals surface area contributed by atoms with Crippen molar-refractivity contribution in [2.75, 3.05) is 14.2 Å². The van der Waals surface area contributed by atoms with Gasteiger partial charge in [-0.05, 0) is 24.6 Å². The Hall–Kier alpha value is -1.77. The van der Waals surface area contributed by atoms with Crippen LogP contribution in [0.3, 0.4) is 0 Å². The Morgan fingerprint density at radius 1 is 1.33 bits per heavy atom. The molecular weight excluding hydrogens is 192 g/mol. The van der Waals surface area contributed by atoms with Crippen LogP contribution in [-0.4, -0.2) is 20.2 Å². The Morgan fingerprint density at radius 2 is 2.07 bits per heavy atom. The minimum atomic E-state index is -0.390. The second-order valence-electron chi connectivity index (χ2n) is 2.95. The third kappa shape index (κ3) is 2.59. The number of ether oxygens (including phenoxy) is 2. The molecule has 1 rings (SSSR count). The molecule has 3 heteroatoms. The van der Waals surface area contributed by atoms with Gasteiger partial charge in [-0.15, -0.1) is 0 Å². The fourth-order valence-electron chi connectivity index (χ4n) is 1.28. The van der Waals surface area contributed by atoms with Crippen LogP contribution in [0, 0.1) is 0 Å². The summed E-state index contributed by atoms with van der Waals surface area (Å²) in [4.78, 5) is 11.3. The predicted molar refractivity (Wildman–Crippen MR) is 59.0 cm³/mol. The highest BCUT2D eigenvalue weighted by atomic mass is 16.5. The number of benzene rings is 1. The molecule has 0 heterocycles. The summed E-state index contributed by atoms with van der Waals surface area (Å²) >= 11 is 0. The van der Waals surface area contributed by atoms with Gasteiger partial charge in [-0.25, -0.2) is 4.79 Å². The molecule has 0 aromatic heterocycles. The summed E-state index contributed by atoms with van der Waals surface area (Å²) in [7, 11) is 2.88. The van der Waals surface area contributed by atoms with Gasteiger partial charge in [-0.3, -0.25) is 0 Å². The van der Waals surface area contributed by atoms with Crippen LogP contribution in [0.15, 0.2) is 24.3 Å². The molecule has 15 heavy (non-hydrogen) atoms. The zero-order chi connectivity index (χ0) is 11.3. The zero-order valence-electron chi connectivity index (χ0n) is 9.11. The first-order valence-electron chi connectivity index (χ1n) is 4.62. The highest BCUT2D eigenvalue weighted by molar-refractivity contribution is 5.92. The van der Waals surface area contributed by atoms with E-state index in [-0.39, 0.29) is 5.97 Å². The normalized spacial score (nSPS) is 10.3. The SMILES string of the molecule is C/C=C/c1ccc(C(=O)OC)c(OC)c1. The number of carbonyl (C=O) groups excluding carboxylic acids is 1. The van der Waals surface area contributed by atoms with Crippen molar-refractivity contribution in [1.29, 1.82) is 0 Å². The van der Waals surface area contributed by atoms with Crippen molar-refractivity contribution in [1.82, 2.24) is 0 Å². The lowest BCUT2D eigenvalue weighted by atomic mass is 10.1. The van der Waals surface area contributed by atoms with E-state index in [1.165, 1.54) is 14.2 Å². The van der Waals surface area contributed by atoms with E-state index in [0.717, 1.165) is 5.56 Å². The van der Waals surface area contributed by atoms with Crippen LogP contribution < -0.4 is 4.74 Å². The van der Waals surface area contributed by atoms with E-state index < -0.39 is 0 Å². The summed E-state index contributed by atoms with van der Waals surface area (Å²) in [5, 5.41) is 0. The molecule has 0 bridgehead atoms. The van der Waals surface area contributed by atoms with E-state index in [2.05, 4.69) is 4.74 Å². The van der Waals surface area contributed by atoms with E-state index in [1.54, 1.807) is 12.1 Å². The lowest BCUT2D eigenvalue weighted by Crippen LogP contribution is -2.03. The van der Waals surface area contributed by atoms with Gasteiger partial charge in [0.25, 0.3) is 0 Å². The maximum atomic E-state index is 11.3. The smallest absolute Gasteiger partial charge is 0.341 e. The molecule has 0 amide bonds. The van der Waals surface area contributed by atoms with Crippen molar-refractivity contribution in [3.05, 3.63) is 35.4 Å². The molecule has 0 N–H and O–H groups in total. The van der Waals surface area contributed by atoms with Crippen LogP contribution in [0.25, 0.3) is 6.08 Å². The van der Waals surface area contributed by atoms with Crippen molar-refractivity contribution < 1.29 is 14.3 Å². The van der Waals surface area contributed by atoms with Crippen LogP contribution in [0.1, 0.15) is 22.8 Å². The highest BCUT2D eigenvalue weighted by Crippen LogP contribution is 2.21. The van der Waals surface area contributed by atoms with Crippen molar-refractivity contribution in [2.24, 2.45) is 0 Å². The van der Waals surface area contributed by atoms with Gasteiger partial charge in [0.1, 0.15) is 11.3 Å². The van der Waals surface area contributed by atoms with Gasteiger partial charge in [0, 0.05) is 0 Å². The van der Waals surface area contributed by atoms with Gasteiger partial charge in [0.2, 0.25) is 0 Å². The minimum absolute atomic E-state index is 0.390. The Morgan fingerprint density at radius 3 is 2.60 bits per heavy atom. The van der Waals surface area contributed by atoms with Crippen molar-refractivity contribution in [3.8, 4) is 5.75 Å². The maximum Gasteiger partial charge on any atom is 0.341 e. The van der Waals surface area contributed by atoms with Gasteiger partial charge in [0.15, 0.2) is 0 Å². The van der Waals surface area contributed by atoms with Gasteiger partial charge in [0.05, 0.1) is 14.2 Å². The second kappa shape index (κ2) is 5.20. The number of methoxy groups -OCH3 is 2. The molecular formula is C12H14O3. The summed E-state index contributed by atoms with van der Waals surface area (Å²) in [6, 6.07) is 5.33. The summed E-state index contributed by atoms with van der Waals surface area (Å²) < 4.78 is 9.76. The van der Waals surface area contributed by atoms with Crippen LogP contribution in [0.2, 0.25) is 0 Å². The van der Waals surface area contributed by atoms with E-state index in [0.29, 0.717) is 11.3 Å². The van der Waals surface area contributed by atoms with E-state index >= 15 is 0 Å². The summed E-state index contributed by atoms with van der Waals surface area (Å²) in [6.45, 7) is 1.93. The maximum absolute atomic E-state index is 11.3. The van der Waals surface area contributed by atoms with Crippen LogP contribution >= 0.6 is 0 Å². The first-order valence-corrected chi connectivity index (χ1v) is 4.62. The fraction of sp³-hybridized carbons (Fsp3) is 0.250. The monoisotopic (exact) mass is 206 g/mol. The van der Waals surface area contributed by atoms with Crippen LogP contribution in [0.5, 0.6) is 5.75 Å². The number of esters is 1. The topological polar surface area (TPSA) is 35.5 Å². The molecule has 0 aliphatic carbocycles. The molecule has 0 saturated carbocycles. The molecule has 1 aromatic carbocycles. The average molecular weight is 206 g/mol. The van der Waals surface area contributed by atoms with Crippen LogP contribution in [-0.2, 0) is 4.74 Å². The number of allylic oxidation sites excluding steroid dienone is 1. The molecule has 0 fully saturated rings. The third-order valence-electron chi connectivity index (χ3n) is 1.99. The summed E-state index contributed by atoms with van der Waals surface area (Å²) in [5.74, 6) is 0.135. The number of rotatable bonds is 3. The van der Waals surface area contributed by atoms with Gasteiger partial charge in [-0.2, -0.15) is 0 Å². The molecule has 0 unspecified atom stereocenters. The molecule has 0 atom stereocenters. The van der Waals surface area contributed by atoms with Gasteiger partial charge in [-0.1, -0.05) is 18.2 Å². The van der Waals surface area contributed by atoms with Crippen molar-refractivity contribution in [2.45, 2.75) is 6.92 Å². The number of hydrogen-bond acceptors (Lipinski definition) is 3. The van der Waals surface area contributed by atoms with Gasteiger partial charge >= 0.3 is 5.97 Å². The molecule has 0 aliphatic heterocycles. The quantitative estimate of drug-likeness (QED) is 0.713. The Bertz CT molecular complexity index is 380. The molecule has 1 aromatic rings. The van der Waals surface area contributed by atoms with Crippen molar-refractivity contribution >= 4 is 12.0 Å². The Labute approximate surface area is 89.3 Å². The van der Waals surface area contributed by atoms with Crippen molar-refractivity contribution in [3.63, 3.8) is 0 Å². The first kappa shape index (κ1) is 11.3. The summed E-state index contributed by atoms with van der Waals surface area (Å²) in [6.07, 6.45) is 3.86. The fourth-order valence-corrected chi connectivity index (χ4v) is 1.28. The predicted octanol–water partition coefficient (Wildman–Crippen LogP) is 2.51. The molecule has 0 aliphatic rings. The Kier molecular flexibility index (Phi) is 3.92. The van der Waals surface area contributed by atoms with Gasteiger partial charge < -0.3 is 9.47 Å². The molecule has 3 nitrogen and oxygen atoms in total. The first-order chi connectivity index (χ1) is 7.22. The van der Waals surface area contributed by atoms with Crippen LogP contribution in [0.4, 0.5) is 0 Å². The second-order valence-corrected chi connectivity index (χ2v) is 2.95. The standard InChI is InChI=1S/C12H14O3/c1-4-5-9-6-7-10(12(13)15-3)11(8-9)14-2/h4-8H,1-3H3/b5-4+. The zero-order valence-corrected chi connectivity index (χ0v) is 9.11. The lowest BCUT2D eigenvalue weighted by Gasteiger charge is -2.07. The molecule has 0 radical (unpaired) electrons. The average Bonchev–Trinajstić information content (AvgIpc) is 2.28. The minimum Gasteiger partial charge on any atom is -0.496 e. The van der Waals surface area contributed by atoms with E-state index in [9.17, 15) is 4.79 Å². The largest absolute Gasteiger partial charge is 0.496 e. The number of hydrogen-bond donors (Lipinski definition) is 0. The third-order valence-corrected chi connectivity index (χ3v) is 1.99. The molecule has 80 valence electrons. The van der Waals surface area contributed by atoms with E-state index in [1.807, 2.05) is 25.1 Å². The summed E-state index contributed by atoms with van der Waals surface area (Å²) in [5.41, 5.74) is 1.43. The lowest BCUT2D eigenvalue weighted by molar-refractivity contribution is 0.0597. The molecule has 0 spiro atoms. The highest BCUT2D eigenvalue weighted by Gasteiger charge is 2.11. The number of carbonyl (C=O) groups is 1. The molecule has 0 saturated heterocycles. The Balaban J connectivity index is 3.14.